The lowest BCUT2D eigenvalue weighted by atomic mass is 10.1. The maximum absolute atomic E-state index is 12.9. The molecule has 0 aliphatic carbocycles. The smallest absolute Gasteiger partial charge is 0.265 e. The molecule has 3 rings (SSSR count). The second kappa shape index (κ2) is 9.32. The van der Waals surface area contributed by atoms with Gasteiger partial charge in [0, 0.05) is 11.4 Å². The van der Waals surface area contributed by atoms with E-state index in [2.05, 4.69) is 10.0 Å². The van der Waals surface area contributed by atoms with Crippen molar-refractivity contribution in [2.75, 3.05) is 24.3 Å². The molecule has 2 N–H and O–H groups in total. The van der Waals surface area contributed by atoms with Crippen molar-refractivity contribution in [2.45, 2.75) is 11.3 Å². The van der Waals surface area contributed by atoms with Gasteiger partial charge in [0.05, 0.1) is 20.6 Å². The average Bonchev–Trinajstić information content (AvgIpc) is 2.74. The van der Waals surface area contributed by atoms with Gasteiger partial charge in [-0.25, -0.2) is 8.42 Å². The number of sulfonamides is 1. The molecule has 7 nitrogen and oxygen atoms in total. The Kier molecular flexibility index (Phi) is 6.58. The SMILES string of the molecule is COc1ccc(NS(=O)(=O)c2cc(NC(=O)Cc3ccccc3)ccc2OC)cc1. The predicted molar refractivity (Wildman–Crippen MR) is 116 cm³/mol. The Hall–Kier alpha value is -3.52. The minimum absolute atomic E-state index is 0.0849. The van der Waals surface area contributed by atoms with Crippen LogP contribution in [0.15, 0.2) is 77.7 Å². The first kappa shape index (κ1) is 21.2. The van der Waals surface area contributed by atoms with Crippen molar-refractivity contribution in [1.82, 2.24) is 0 Å². The van der Waals surface area contributed by atoms with Crippen molar-refractivity contribution in [3.63, 3.8) is 0 Å². The first-order valence-corrected chi connectivity index (χ1v) is 10.6. The number of carbonyl (C=O) groups excluding carboxylic acids is 1. The monoisotopic (exact) mass is 426 g/mol. The zero-order valence-electron chi connectivity index (χ0n) is 16.6. The molecule has 0 fully saturated rings. The summed E-state index contributed by atoms with van der Waals surface area (Å²) in [5, 5.41) is 2.73. The maximum atomic E-state index is 12.9. The predicted octanol–water partition coefficient (Wildman–Crippen LogP) is 3.69. The van der Waals surface area contributed by atoms with Gasteiger partial charge in [-0.2, -0.15) is 0 Å². The summed E-state index contributed by atoms with van der Waals surface area (Å²) in [5.74, 6) is 0.522. The number of nitrogens with one attached hydrogen (secondary N) is 2. The van der Waals surface area contributed by atoms with Crippen LogP contribution in [-0.2, 0) is 21.2 Å². The lowest BCUT2D eigenvalue weighted by Crippen LogP contribution is -2.17. The van der Waals surface area contributed by atoms with E-state index in [0.29, 0.717) is 17.1 Å². The Bertz CT molecular complexity index is 1110. The van der Waals surface area contributed by atoms with Crippen LogP contribution in [0.2, 0.25) is 0 Å². The van der Waals surface area contributed by atoms with Crippen molar-refractivity contribution in [3.05, 3.63) is 78.4 Å². The molecule has 0 aliphatic heterocycles. The van der Waals surface area contributed by atoms with Gasteiger partial charge in [-0.3, -0.25) is 9.52 Å². The molecule has 0 radical (unpaired) electrons. The third-order valence-corrected chi connectivity index (χ3v) is 5.69. The number of ether oxygens (including phenoxy) is 2. The Morgan fingerprint density at radius 2 is 1.53 bits per heavy atom. The number of benzene rings is 3. The number of amides is 1. The molecule has 0 saturated heterocycles. The summed E-state index contributed by atoms with van der Waals surface area (Å²) in [7, 11) is -1.05. The number of hydrogen-bond acceptors (Lipinski definition) is 5. The lowest BCUT2D eigenvalue weighted by molar-refractivity contribution is -0.115. The van der Waals surface area contributed by atoms with Crippen molar-refractivity contribution in [2.24, 2.45) is 0 Å². The third-order valence-electron chi connectivity index (χ3n) is 4.29. The molecule has 0 aliphatic rings. The van der Waals surface area contributed by atoms with E-state index >= 15 is 0 Å². The Labute approximate surface area is 175 Å². The van der Waals surface area contributed by atoms with E-state index in [1.807, 2.05) is 30.3 Å². The highest BCUT2D eigenvalue weighted by Crippen LogP contribution is 2.29. The number of rotatable bonds is 8. The highest BCUT2D eigenvalue weighted by Gasteiger charge is 2.21. The first-order chi connectivity index (χ1) is 14.4. The number of anilines is 2. The fraction of sp³-hybridized carbons (Fsp3) is 0.136. The quantitative estimate of drug-likeness (QED) is 0.573. The molecule has 8 heteroatoms. The average molecular weight is 426 g/mol. The zero-order chi connectivity index (χ0) is 21.6. The van der Waals surface area contributed by atoms with Crippen LogP contribution < -0.4 is 19.5 Å². The summed E-state index contributed by atoms with van der Waals surface area (Å²) in [6.45, 7) is 0. The maximum Gasteiger partial charge on any atom is 0.265 e. The van der Waals surface area contributed by atoms with Crippen molar-refractivity contribution in [3.8, 4) is 11.5 Å². The minimum Gasteiger partial charge on any atom is -0.497 e. The van der Waals surface area contributed by atoms with Gasteiger partial charge in [-0.1, -0.05) is 30.3 Å². The van der Waals surface area contributed by atoms with E-state index in [1.165, 1.54) is 26.4 Å². The van der Waals surface area contributed by atoms with Gasteiger partial charge in [0.25, 0.3) is 10.0 Å². The second-order valence-corrected chi connectivity index (χ2v) is 8.06. The molecule has 0 saturated carbocycles. The summed E-state index contributed by atoms with van der Waals surface area (Å²) in [6.07, 6.45) is 0.180. The topological polar surface area (TPSA) is 93.7 Å². The molecule has 0 unspecified atom stereocenters. The Morgan fingerprint density at radius 1 is 0.867 bits per heavy atom. The van der Waals surface area contributed by atoms with Crippen LogP contribution in [0.4, 0.5) is 11.4 Å². The van der Waals surface area contributed by atoms with Gasteiger partial charge in [0.1, 0.15) is 16.4 Å². The van der Waals surface area contributed by atoms with Crippen LogP contribution >= 0.6 is 0 Å². The van der Waals surface area contributed by atoms with E-state index in [0.717, 1.165) is 5.56 Å². The third kappa shape index (κ3) is 5.30. The highest BCUT2D eigenvalue weighted by atomic mass is 32.2. The molecular formula is C22H22N2O5S. The molecule has 30 heavy (non-hydrogen) atoms. The van der Waals surface area contributed by atoms with Crippen LogP contribution in [-0.4, -0.2) is 28.5 Å². The fourth-order valence-corrected chi connectivity index (χ4v) is 4.07. The lowest BCUT2D eigenvalue weighted by Gasteiger charge is -2.14. The summed E-state index contributed by atoms with van der Waals surface area (Å²) in [4.78, 5) is 12.2. The van der Waals surface area contributed by atoms with Gasteiger partial charge in [-0.15, -0.1) is 0 Å². The van der Waals surface area contributed by atoms with Crippen LogP contribution in [0.5, 0.6) is 11.5 Å². The Morgan fingerprint density at radius 3 is 2.17 bits per heavy atom. The van der Waals surface area contributed by atoms with Crippen LogP contribution in [0.25, 0.3) is 0 Å². The second-order valence-electron chi connectivity index (χ2n) is 6.41. The summed E-state index contributed by atoms with van der Waals surface area (Å²) in [6, 6.07) is 20.2. The Balaban J connectivity index is 1.81. The van der Waals surface area contributed by atoms with Gasteiger partial charge in [-0.05, 0) is 48.0 Å². The molecule has 1 amide bonds. The van der Waals surface area contributed by atoms with Crippen LogP contribution in [0.1, 0.15) is 5.56 Å². The van der Waals surface area contributed by atoms with Gasteiger partial charge < -0.3 is 14.8 Å². The minimum atomic E-state index is -3.96. The molecule has 0 spiro atoms. The molecule has 156 valence electrons. The number of carbonyl (C=O) groups is 1. The number of hydrogen-bond donors (Lipinski definition) is 2. The van der Waals surface area contributed by atoms with E-state index < -0.39 is 10.0 Å². The zero-order valence-corrected chi connectivity index (χ0v) is 17.4. The normalized spacial score (nSPS) is 10.9. The van der Waals surface area contributed by atoms with Crippen molar-refractivity contribution < 1.29 is 22.7 Å². The molecule has 0 aromatic heterocycles. The molecule has 3 aromatic rings. The van der Waals surface area contributed by atoms with Gasteiger partial charge >= 0.3 is 0 Å². The number of methoxy groups -OCH3 is 2. The van der Waals surface area contributed by atoms with Crippen molar-refractivity contribution in [1.29, 1.82) is 0 Å². The van der Waals surface area contributed by atoms with Gasteiger partial charge in [0.15, 0.2) is 0 Å². The molecule has 0 heterocycles. The molecular weight excluding hydrogens is 404 g/mol. The molecule has 0 atom stereocenters. The van der Waals surface area contributed by atoms with E-state index in [9.17, 15) is 13.2 Å². The fourth-order valence-electron chi connectivity index (χ4n) is 2.82. The van der Waals surface area contributed by atoms with Gasteiger partial charge in [0.2, 0.25) is 5.91 Å². The molecule has 3 aromatic carbocycles. The van der Waals surface area contributed by atoms with E-state index in [-0.39, 0.29) is 23.0 Å². The standard InChI is InChI=1S/C22H22N2O5S/c1-28-19-11-8-17(9-12-19)24-30(26,27)21-15-18(10-13-20(21)29-2)23-22(25)14-16-6-4-3-5-7-16/h3-13,15,24H,14H2,1-2H3,(H,23,25). The van der Waals surface area contributed by atoms with Crippen LogP contribution in [0, 0.1) is 0 Å². The van der Waals surface area contributed by atoms with Crippen molar-refractivity contribution >= 4 is 27.3 Å². The summed E-state index contributed by atoms with van der Waals surface area (Å²) < 4.78 is 38.7. The van der Waals surface area contributed by atoms with E-state index in [1.54, 1.807) is 30.3 Å². The summed E-state index contributed by atoms with van der Waals surface area (Å²) >= 11 is 0. The summed E-state index contributed by atoms with van der Waals surface area (Å²) in [5.41, 5.74) is 1.58. The first-order valence-electron chi connectivity index (χ1n) is 9.10. The highest BCUT2D eigenvalue weighted by molar-refractivity contribution is 7.92. The van der Waals surface area contributed by atoms with Crippen LogP contribution in [0.3, 0.4) is 0 Å². The molecule has 0 bridgehead atoms. The largest absolute Gasteiger partial charge is 0.497 e. The van der Waals surface area contributed by atoms with E-state index in [4.69, 9.17) is 9.47 Å².